The molecule has 0 aliphatic heterocycles. The standard InChI is InChI=1S/C13H13N3O3/c1-15-13(18)16-9-4-2-8(3-5-9)10-6-7-11(19-10)12(14)17/h2-7H,1H3,(H2,14,17)(H2,15,16,18). The fourth-order valence-corrected chi connectivity index (χ4v) is 1.54. The van der Waals surface area contributed by atoms with E-state index in [2.05, 4.69) is 10.6 Å². The molecule has 19 heavy (non-hydrogen) atoms. The Morgan fingerprint density at radius 3 is 2.32 bits per heavy atom. The second-order valence-electron chi connectivity index (χ2n) is 3.81. The lowest BCUT2D eigenvalue weighted by atomic mass is 10.1. The first kappa shape index (κ1) is 12.7. The number of hydrogen-bond donors (Lipinski definition) is 3. The Morgan fingerprint density at radius 1 is 1.11 bits per heavy atom. The van der Waals surface area contributed by atoms with Crippen LogP contribution in [0.1, 0.15) is 10.6 Å². The predicted octanol–water partition coefficient (Wildman–Crippen LogP) is 1.80. The van der Waals surface area contributed by atoms with E-state index in [1.165, 1.54) is 13.1 Å². The highest BCUT2D eigenvalue weighted by molar-refractivity contribution is 5.91. The summed E-state index contributed by atoms with van der Waals surface area (Å²) in [6, 6.07) is 9.91. The van der Waals surface area contributed by atoms with Crippen LogP contribution in [-0.4, -0.2) is 19.0 Å². The molecular formula is C13H13N3O3. The van der Waals surface area contributed by atoms with Gasteiger partial charge in [-0.2, -0.15) is 0 Å². The minimum atomic E-state index is -0.607. The van der Waals surface area contributed by atoms with E-state index in [0.29, 0.717) is 11.4 Å². The van der Waals surface area contributed by atoms with E-state index in [-0.39, 0.29) is 11.8 Å². The fraction of sp³-hybridized carbons (Fsp3) is 0.0769. The molecule has 4 N–H and O–H groups in total. The van der Waals surface area contributed by atoms with Crippen molar-refractivity contribution in [2.45, 2.75) is 0 Å². The van der Waals surface area contributed by atoms with Crippen molar-refractivity contribution in [3.8, 4) is 11.3 Å². The number of carbonyl (C=O) groups is 2. The molecule has 6 heteroatoms. The van der Waals surface area contributed by atoms with Gasteiger partial charge in [0.1, 0.15) is 5.76 Å². The number of nitrogens with one attached hydrogen (secondary N) is 2. The van der Waals surface area contributed by atoms with E-state index in [9.17, 15) is 9.59 Å². The van der Waals surface area contributed by atoms with Gasteiger partial charge in [-0.3, -0.25) is 4.79 Å². The highest BCUT2D eigenvalue weighted by Gasteiger charge is 2.08. The van der Waals surface area contributed by atoms with Crippen molar-refractivity contribution in [3.63, 3.8) is 0 Å². The summed E-state index contributed by atoms with van der Waals surface area (Å²) in [5.41, 5.74) is 6.56. The van der Waals surface area contributed by atoms with Crippen molar-refractivity contribution < 1.29 is 14.0 Å². The molecule has 0 aliphatic carbocycles. The Balaban J connectivity index is 2.17. The number of furan rings is 1. The zero-order valence-corrected chi connectivity index (χ0v) is 10.3. The quantitative estimate of drug-likeness (QED) is 0.783. The third-order valence-corrected chi connectivity index (χ3v) is 2.50. The SMILES string of the molecule is CNC(=O)Nc1ccc(-c2ccc(C(N)=O)o2)cc1. The lowest BCUT2D eigenvalue weighted by Crippen LogP contribution is -2.24. The van der Waals surface area contributed by atoms with Gasteiger partial charge >= 0.3 is 6.03 Å². The molecule has 0 saturated carbocycles. The molecule has 2 aromatic rings. The first-order valence-corrected chi connectivity index (χ1v) is 5.59. The zero-order valence-electron chi connectivity index (χ0n) is 10.3. The fourth-order valence-electron chi connectivity index (χ4n) is 1.54. The predicted molar refractivity (Wildman–Crippen MR) is 70.7 cm³/mol. The minimum Gasteiger partial charge on any atom is -0.451 e. The van der Waals surface area contributed by atoms with Crippen molar-refractivity contribution in [1.29, 1.82) is 0 Å². The van der Waals surface area contributed by atoms with Crippen LogP contribution in [0.5, 0.6) is 0 Å². The van der Waals surface area contributed by atoms with Gasteiger partial charge in [0.25, 0.3) is 5.91 Å². The van der Waals surface area contributed by atoms with E-state index in [0.717, 1.165) is 5.56 Å². The molecule has 6 nitrogen and oxygen atoms in total. The smallest absolute Gasteiger partial charge is 0.318 e. The molecule has 1 aromatic carbocycles. The van der Waals surface area contributed by atoms with Crippen molar-refractivity contribution >= 4 is 17.6 Å². The Hall–Kier alpha value is -2.76. The summed E-state index contributed by atoms with van der Waals surface area (Å²) in [5, 5.41) is 5.09. The summed E-state index contributed by atoms with van der Waals surface area (Å²) >= 11 is 0. The zero-order chi connectivity index (χ0) is 13.8. The van der Waals surface area contributed by atoms with Crippen molar-refractivity contribution in [3.05, 3.63) is 42.2 Å². The Morgan fingerprint density at radius 2 is 1.79 bits per heavy atom. The number of primary amides is 1. The average molecular weight is 259 g/mol. The maximum atomic E-state index is 11.1. The highest BCUT2D eigenvalue weighted by Crippen LogP contribution is 2.23. The molecule has 0 bridgehead atoms. The number of benzene rings is 1. The van der Waals surface area contributed by atoms with Gasteiger partial charge in [0.15, 0.2) is 5.76 Å². The molecule has 0 atom stereocenters. The van der Waals surface area contributed by atoms with Crippen LogP contribution in [0, 0.1) is 0 Å². The molecule has 1 aromatic heterocycles. The van der Waals surface area contributed by atoms with E-state index in [1.807, 2.05) is 0 Å². The minimum absolute atomic E-state index is 0.113. The summed E-state index contributed by atoms with van der Waals surface area (Å²) in [4.78, 5) is 22.1. The van der Waals surface area contributed by atoms with Crippen LogP contribution in [0.25, 0.3) is 11.3 Å². The second-order valence-corrected chi connectivity index (χ2v) is 3.81. The van der Waals surface area contributed by atoms with Gasteiger partial charge in [-0.05, 0) is 36.4 Å². The van der Waals surface area contributed by atoms with Gasteiger partial charge in [-0.15, -0.1) is 0 Å². The third kappa shape index (κ3) is 2.92. The molecule has 98 valence electrons. The van der Waals surface area contributed by atoms with Gasteiger partial charge in [-0.25, -0.2) is 4.79 Å². The average Bonchev–Trinajstić information content (AvgIpc) is 2.89. The molecule has 0 radical (unpaired) electrons. The van der Waals surface area contributed by atoms with E-state index in [1.54, 1.807) is 30.3 Å². The molecule has 0 aliphatic rings. The molecule has 0 spiro atoms. The third-order valence-electron chi connectivity index (χ3n) is 2.50. The first-order chi connectivity index (χ1) is 9.10. The number of urea groups is 1. The molecule has 2 rings (SSSR count). The topological polar surface area (TPSA) is 97.4 Å². The summed E-state index contributed by atoms with van der Waals surface area (Å²) < 4.78 is 5.30. The Kier molecular flexibility index (Phi) is 3.51. The maximum absolute atomic E-state index is 11.1. The Bertz CT molecular complexity index is 602. The van der Waals surface area contributed by atoms with Crippen LogP contribution in [0.4, 0.5) is 10.5 Å². The number of rotatable bonds is 3. The van der Waals surface area contributed by atoms with Crippen LogP contribution < -0.4 is 16.4 Å². The lowest BCUT2D eigenvalue weighted by molar-refractivity contribution is 0.0974. The lowest BCUT2D eigenvalue weighted by Gasteiger charge is -2.04. The second kappa shape index (κ2) is 5.26. The van der Waals surface area contributed by atoms with Crippen LogP contribution in [-0.2, 0) is 0 Å². The monoisotopic (exact) mass is 259 g/mol. The number of amides is 3. The van der Waals surface area contributed by atoms with Gasteiger partial charge in [-0.1, -0.05) is 0 Å². The van der Waals surface area contributed by atoms with Crippen LogP contribution >= 0.6 is 0 Å². The number of nitrogens with two attached hydrogens (primary N) is 1. The number of carbonyl (C=O) groups excluding carboxylic acids is 2. The van der Waals surface area contributed by atoms with Crippen molar-refractivity contribution in [1.82, 2.24) is 5.32 Å². The molecular weight excluding hydrogens is 246 g/mol. The Labute approximate surface area is 109 Å². The normalized spacial score (nSPS) is 9.95. The van der Waals surface area contributed by atoms with E-state index < -0.39 is 5.91 Å². The van der Waals surface area contributed by atoms with Gasteiger partial charge in [0.2, 0.25) is 0 Å². The van der Waals surface area contributed by atoms with Crippen LogP contribution in [0.15, 0.2) is 40.8 Å². The maximum Gasteiger partial charge on any atom is 0.318 e. The van der Waals surface area contributed by atoms with Gasteiger partial charge in [0, 0.05) is 18.3 Å². The van der Waals surface area contributed by atoms with Gasteiger partial charge < -0.3 is 20.8 Å². The number of hydrogen-bond acceptors (Lipinski definition) is 3. The summed E-state index contributed by atoms with van der Waals surface area (Å²) in [7, 11) is 1.54. The summed E-state index contributed by atoms with van der Waals surface area (Å²) in [5.74, 6) is 0.0482. The molecule has 3 amide bonds. The molecule has 0 fully saturated rings. The first-order valence-electron chi connectivity index (χ1n) is 5.59. The van der Waals surface area contributed by atoms with Crippen molar-refractivity contribution in [2.75, 3.05) is 12.4 Å². The molecule has 0 saturated heterocycles. The summed E-state index contributed by atoms with van der Waals surface area (Å²) in [6.07, 6.45) is 0. The number of anilines is 1. The van der Waals surface area contributed by atoms with E-state index >= 15 is 0 Å². The largest absolute Gasteiger partial charge is 0.451 e. The molecule has 1 heterocycles. The summed E-state index contributed by atoms with van der Waals surface area (Å²) in [6.45, 7) is 0. The van der Waals surface area contributed by atoms with E-state index in [4.69, 9.17) is 10.2 Å². The van der Waals surface area contributed by atoms with Crippen LogP contribution in [0.2, 0.25) is 0 Å². The molecule has 0 unspecified atom stereocenters. The van der Waals surface area contributed by atoms with Gasteiger partial charge in [0.05, 0.1) is 0 Å². The van der Waals surface area contributed by atoms with Crippen LogP contribution in [0.3, 0.4) is 0 Å². The van der Waals surface area contributed by atoms with Crippen molar-refractivity contribution in [2.24, 2.45) is 5.73 Å². The highest BCUT2D eigenvalue weighted by atomic mass is 16.3.